The molecule has 0 radical (unpaired) electrons. The number of nitrogens with two attached hydrogens (primary N) is 1. The van der Waals surface area contributed by atoms with Gasteiger partial charge in [-0.2, -0.15) is 0 Å². The maximum absolute atomic E-state index is 5.99. The van der Waals surface area contributed by atoms with Crippen LogP contribution in [0.3, 0.4) is 0 Å². The highest BCUT2D eigenvalue weighted by molar-refractivity contribution is 5.92. The van der Waals surface area contributed by atoms with Crippen molar-refractivity contribution in [2.75, 3.05) is 31.5 Å². The summed E-state index contributed by atoms with van der Waals surface area (Å²) in [5.41, 5.74) is 8.32. The molecule has 0 spiro atoms. The third-order valence-corrected chi connectivity index (χ3v) is 4.58. The van der Waals surface area contributed by atoms with Gasteiger partial charge in [-0.05, 0) is 68.9 Å². The van der Waals surface area contributed by atoms with Gasteiger partial charge in [0.1, 0.15) is 0 Å². The minimum Gasteiger partial charge on any atom is -0.370 e. The molecule has 1 saturated heterocycles. The van der Waals surface area contributed by atoms with E-state index in [2.05, 4.69) is 47.3 Å². The topological polar surface area (TPSA) is 53.6 Å². The molecule has 2 rings (SSSR count). The SMILES string of the molecule is CCc1cccc(NC(N)=NCCC2CCN(CC)CC2)c1. The average molecular weight is 302 g/mol. The number of rotatable bonds is 6. The van der Waals surface area contributed by atoms with Gasteiger partial charge in [-0.3, -0.25) is 4.99 Å². The average Bonchev–Trinajstić information content (AvgIpc) is 2.55. The smallest absolute Gasteiger partial charge is 0.193 e. The number of likely N-dealkylation sites (tertiary alicyclic amines) is 1. The zero-order valence-electron chi connectivity index (χ0n) is 14.0. The van der Waals surface area contributed by atoms with Gasteiger partial charge in [-0.25, -0.2) is 0 Å². The van der Waals surface area contributed by atoms with Crippen molar-refractivity contribution in [1.29, 1.82) is 0 Å². The number of nitrogens with one attached hydrogen (secondary N) is 1. The van der Waals surface area contributed by atoms with Gasteiger partial charge in [0.25, 0.3) is 0 Å². The van der Waals surface area contributed by atoms with E-state index in [4.69, 9.17) is 5.73 Å². The summed E-state index contributed by atoms with van der Waals surface area (Å²) in [6, 6.07) is 8.34. The van der Waals surface area contributed by atoms with Crippen molar-refractivity contribution in [2.45, 2.75) is 39.5 Å². The van der Waals surface area contributed by atoms with E-state index >= 15 is 0 Å². The van der Waals surface area contributed by atoms with Gasteiger partial charge in [-0.15, -0.1) is 0 Å². The molecular formula is C18H30N4. The van der Waals surface area contributed by atoms with E-state index in [-0.39, 0.29) is 0 Å². The molecule has 0 aromatic heterocycles. The van der Waals surface area contributed by atoms with Crippen molar-refractivity contribution in [2.24, 2.45) is 16.6 Å². The van der Waals surface area contributed by atoms with E-state index in [1.54, 1.807) is 0 Å². The lowest BCUT2D eigenvalue weighted by atomic mass is 9.94. The molecule has 1 aromatic carbocycles. The lowest BCUT2D eigenvalue weighted by Crippen LogP contribution is -2.33. The second-order valence-corrected chi connectivity index (χ2v) is 6.11. The molecule has 0 unspecified atom stereocenters. The summed E-state index contributed by atoms with van der Waals surface area (Å²) in [4.78, 5) is 7.00. The minimum absolute atomic E-state index is 0.527. The van der Waals surface area contributed by atoms with Gasteiger partial charge >= 0.3 is 0 Å². The molecule has 1 aromatic rings. The monoisotopic (exact) mass is 302 g/mol. The number of guanidine groups is 1. The predicted molar refractivity (Wildman–Crippen MR) is 95.4 cm³/mol. The highest BCUT2D eigenvalue weighted by Crippen LogP contribution is 2.20. The number of benzene rings is 1. The summed E-state index contributed by atoms with van der Waals surface area (Å²) in [5, 5.41) is 3.19. The normalized spacial score (nSPS) is 17.6. The van der Waals surface area contributed by atoms with E-state index in [0.29, 0.717) is 5.96 Å². The maximum atomic E-state index is 5.99. The Bertz CT molecular complexity index is 476. The summed E-state index contributed by atoms with van der Waals surface area (Å²) < 4.78 is 0. The number of nitrogens with zero attached hydrogens (tertiary/aromatic N) is 2. The number of aryl methyl sites for hydroxylation is 1. The Hall–Kier alpha value is -1.55. The first-order valence-electron chi connectivity index (χ1n) is 8.59. The first-order chi connectivity index (χ1) is 10.7. The lowest BCUT2D eigenvalue weighted by molar-refractivity contribution is 0.188. The Labute approximate surface area is 134 Å². The van der Waals surface area contributed by atoms with Crippen molar-refractivity contribution >= 4 is 11.6 Å². The lowest BCUT2D eigenvalue weighted by Gasteiger charge is -2.30. The van der Waals surface area contributed by atoms with E-state index in [9.17, 15) is 0 Å². The van der Waals surface area contributed by atoms with Crippen LogP contribution in [0.5, 0.6) is 0 Å². The Balaban J connectivity index is 1.73. The Morgan fingerprint density at radius 3 is 2.77 bits per heavy atom. The number of hydrogen-bond acceptors (Lipinski definition) is 2. The van der Waals surface area contributed by atoms with Crippen LogP contribution < -0.4 is 11.1 Å². The minimum atomic E-state index is 0.527. The summed E-state index contributed by atoms with van der Waals surface area (Å²) >= 11 is 0. The largest absolute Gasteiger partial charge is 0.370 e. The molecule has 0 amide bonds. The maximum Gasteiger partial charge on any atom is 0.193 e. The molecule has 4 heteroatoms. The number of aliphatic imine (C=N–C) groups is 1. The molecule has 1 fully saturated rings. The number of hydrogen-bond donors (Lipinski definition) is 2. The predicted octanol–water partition coefficient (Wildman–Crippen LogP) is 3.10. The van der Waals surface area contributed by atoms with Gasteiger partial charge in [0.2, 0.25) is 0 Å². The standard InChI is InChI=1S/C18H30N4/c1-3-15-6-5-7-17(14-15)21-18(19)20-11-8-16-9-12-22(4-2)13-10-16/h5-7,14,16H,3-4,8-13H2,1-2H3,(H3,19,20,21). The summed E-state index contributed by atoms with van der Waals surface area (Å²) in [6.07, 6.45) is 4.78. The molecule has 0 saturated carbocycles. The Kier molecular flexibility index (Phi) is 6.72. The van der Waals surface area contributed by atoms with Crippen LogP contribution in [-0.2, 0) is 6.42 Å². The highest BCUT2D eigenvalue weighted by Gasteiger charge is 2.17. The second-order valence-electron chi connectivity index (χ2n) is 6.11. The Morgan fingerprint density at radius 2 is 2.09 bits per heavy atom. The number of anilines is 1. The molecule has 0 aliphatic carbocycles. The molecular weight excluding hydrogens is 272 g/mol. The summed E-state index contributed by atoms with van der Waals surface area (Å²) in [6.45, 7) is 8.87. The van der Waals surface area contributed by atoms with E-state index in [0.717, 1.165) is 31.0 Å². The van der Waals surface area contributed by atoms with Gasteiger partial charge in [0, 0.05) is 12.2 Å². The molecule has 122 valence electrons. The molecule has 4 nitrogen and oxygen atoms in total. The third kappa shape index (κ3) is 5.34. The first kappa shape index (κ1) is 16.8. The molecule has 1 heterocycles. The zero-order valence-corrected chi connectivity index (χ0v) is 14.0. The quantitative estimate of drug-likeness (QED) is 0.627. The van der Waals surface area contributed by atoms with E-state index in [1.165, 1.54) is 38.0 Å². The van der Waals surface area contributed by atoms with Crippen LogP contribution in [0.4, 0.5) is 5.69 Å². The van der Waals surface area contributed by atoms with Crippen LogP contribution in [0.15, 0.2) is 29.3 Å². The van der Waals surface area contributed by atoms with Gasteiger partial charge in [-0.1, -0.05) is 26.0 Å². The fraction of sp³-hybridized carbons (Fsp3) is 0.611. The van der Waals surface area contributed by atoms with Crippen LogP contribution >= 0.6 is 0 Å². The fourth-order valence-corrected chi connectivity index (χ4v) is 3.02. The van der Waals surface area contributed by atoms with Crippen LogP contribution in [-0.4, -0.2) is 37.0 Å². The molecule has 1 aliphatic heterocycles. The second kappa shape index (κ2) is 8.79. The van der Waals surface area contributed by atoms with Gasteiger partial charge < -0.3 is 16.0 Å². The van der Waals surface area contributed by atoms with Crippen molar-refractivity contribution in [1.82, 2.24) is 4.90 Å². The van der Waals surface area contributed by atoms with Gasteiger partial charge in [0.15, 0.2) is 5.96 Å². The Morgan fingerprint density at radius 1 is 1.32 bits per heavy atom. The van der Waals surface area contributed by atoms with E-state index in [1.807, 2.05) is 6.07 Å². The van der Waals surface area contributed by atoms with Gasteiger partial charge in [0.05, 0.1) is 0 Å². The fourth-order valence-electron chi connectivity index (χ4n) is 3.02. The van der Waals surface area contributed by atoms with Crippen molar-refractivity contribution in [3.05, 3.63) is 29.8 Å². The van der Waals surface area contributed by atoms with Crippen LogP contribution in [0.2, 0.25) is 0 Å². The van der Waals surface area contributed by atoms with Crippen molar-refractivity contribution < 1.29 is 0 Å². The van der Waals surface area contributed by atoms with Crippen LogP contribution in [0, 0.1) is 5.92 Å². The van der Waals surface area contributed by atoms with Crippen molar-refractivity contribution in [3.8, 4) is 0 Å². The van der Waals surface area contributed by atoms with Crippen molar-refractivity contribution in [3.63, 3.8) is 0 Å². The molecule has 3 N–H and O–H groups in total. The van der Waals surface area contributed by atoms with Crippen LogP contribution in [0.1, 0.15) is 38.7 Å². The summed E-state index contributed by atoms with van der Waals surface area (Å²) in [7, 11) is 0. The highest BCUT2D eigenvalue weighted by atomic mass is 15.1. The van der Waals surface area contributed by atoms with E-state index < -0.39 is 0 Å². The molecule has 22 heavy (non-hydrogen) atoms. The molecule has 0 bridgehead atoms. The zero-order chi connectivity index (χ0) is 15.8. The molecule has 0 atom stereocenters. The summed E-state index contributed by atoms with van der Waals surface area (Å²) in [5.74, 6) is 1.34. The number of piperidine rings is 1. The third-order valence-electron chi connectivity index (χ3n) is 4.58. The first-order valence-corrected chi connectivity index (χ1v) is 8.59. The van der Waals surface area contributed by atoms with Crippen LogP contribution in [0.25, 0.3) is 0 Å². The molecule has 1 aliphatic rings.